The fourth-order valence-corrected chi connectivity index (χ4v) is 0.447. The van der Waals surface area contributed by atoms with Crippen LogP contribution in [0.1, 0.15) is 0 Å². The van der Waals surface area contributed by atoms with Crippen molar-refractivity contribution in [1.29, 1.82) is 0 Å². The molecule has 0 aromatic heterocycles. The summed E-state index contributed by atoms with van der Waals surface area (Å²) in [6.07, 6.45) is 0. The van der Waals surface area contributed by atoms with E-state index in [1.165, 1.54) is 9.80 Å². The third-order valence-electron chi connectivity index (χ3n) is 1.22. The van der Waals surface area contributed by atoms with Crippen LogP contribution in [0.5, 0.6) is 0 Å². The molecule has 50 heavy (non-hydrogen) atoms. The van der Waals surface area contributed by atoms with Crippen molar-refractivity contribution >= 4 is 0 Å². The molecule has 0 radical (unpaired) electrons. The zero-order valence-corrected chi connectivity index (χ0v) is 41.7. The summed E-state index contributed by atoms with van der Waals surface area (Å²) < 4.78 is 0. The molecule has 0 fully saturated rings. The summed E-state index contributed by atoms with van der Waals surface area (Å²) in [6.45, 7) is 2.28. The van der Waals surface area contributed by atoms with E-state index in [0.29, 0.717) is 13.2 Å². The summed E-state index contributed by atoms with van der Waals surface area (Å²) in [4.78, 5) is 2.58. The molecule has 0 heterocycles. The standard InChI is InChI=1S/2C4H11NO.8Mo.2H3N.2H2O.26O/c2*1-5(2)3-4-6;;;;;;;;;;;;;;;;;;;;;;;;;;;;;;;;;;;;;;/h2*6H,3-4H2,1-2H3;;;;;;;;;2*1H3;2*1H2;;;;;;;;;;;;;;;;;;;;;;;;;;/q;;;;;;;;;;;;;;26*-2/p+4. The predicted octanol–water partition coefficient (Wildman–Crippen LogP) is -7.76. The second-order valence-corrected chi connectivity index (χ2v) is 3.36. The molecule has 0 aliphatic heterocycles. The van der Waals surface area contributed by atoms with Gasteiger partial charge in [-0.05, 0) is 0 Å². The van der Waals surface area contributed by atoms with Crippen molar-refractivity contribution < 1.29 is 342 Å². The van der Waals surface area contributed by atoms with Gasteiger partial charge in [-0.1, -0.05) is 0 Å². The van der Waals surface area contributed by atoms with Gasteiger partial charge in [0.15, 0.2) is 0 Å². The molecule has 0 spiro atoms. The average Bonchev–Trinajstić information content (AvgIpc) is 1.87. The smallest absolute Gasteiger partial charge is 0.100 e. The predicted molar refractivity (Wildman–Crippen MR) is 86.6 cm³/mol. The normalized spacial score (nSPS) is 2.40. The van der Waals surface area contributed by atoms with Crippen molar-refractivity contribution in [2.24, 2.45) is 0 Å². The van der Waals surface area contributed by atoms with Crippen LogP contribution in [0, 0.1) is 0 Å². The van der Waals surface area contributed by atoms with Gasteiger partial charge in [0.05, 0.1) is 41.4 Å². The number of quaternary nitrogens is 4. The van der Waals surface area contributed by atoms with Crippen LogP contribution in [0.4, 0.5) is 0 Å². The number of aliphatic hydroxyl groups excluding tert-OH is 2. The van der Waals surface area contributed by atoms with Gasteiger partial charge in [0.25, 0.3) is 0 Å². The Kier molecular flexibility index (Phi) is 11000. The van der Waals surface area contributed by atoms with Crippen molar-refractivity contribution in [3.63, 3.8) is 0 Å². The molecule has 0 saturated carbocycles. The second kappa shape index (κ2) is 722. The Hall–Kier alpha value is 4.15. The number of nitrogens with one attached hydrogen (secondary N) is 2. The summed E-state index contributed by atoms with van der Waals surface area (Å²) in [7, 11) is 8.04. The van der Waals surface area contributed by atoms with Crippen LogP contribution in [-0.4, -0.2) is 75.7 Å². The number of rotatable bonds is 4. The molecule has 0 aromatic carbocycles. The Balaban J connectivity index is -0.000000000598. The number of likely N-dealkylation sites (N-methyl/N-ethyl adjacent to an activating group) is 2. The summed E-state index contributed by atoms with van der Waals surface area (Å²) in [6, 6.07) is 0. The SMILES string of the molecule is C[NH+](C)CCO.C[NH+](C)CCO.O.O.[Mo].[Mo].[Mo].[Mo].[Mo].[Mo].[Mo].[Mo].[NH4+].[NH4+].[O-2].[O-2].[O-2].[O-2].[O-2].[O-2].[O-2].[O-2].[O-2].[O-2].[O-2].[O-2].[O-2].[O-2].[O-2].[O-2].[O-2].[O-2].[O-2].[O-2].[O-2].[O-2].[O-2].[O-2].[O-2].[O-2]. The molecular weight excluding hydrogens is 1400 g/mol. The molecule has 42 heteroatoms. The zero-order chi connectivity index (χ0) is 9.98. The molecule has 0 bridgehead atoms. The van der Waals surface area contributed by atoms with Crippen LogP contribution in [0.3, 0.4) is 0 Å². The van der Waals surface area contributed by atoms with Crippen molar-refractivity contribution in [2.75, 3.05) is 54.5 Å². The van der Waals surface area contributed by atoms with Gasteiger partial charge in [0, 0.05) is 169 Å². The van der Waals surface area contributed by atoms with E-state index in [1.54, 1.807) is 0 Å². The molecular formula is C8H36Mo8N4O30-48. The van der Waals surface area contributed by atoms with E-state index < -0.39 is 0 Å². The van der Waals surface area contributed by atoms with E-state index in [1.807, 2.05) is 28.2 Å². The molecule has 16 N–H and O–H groups in total. The van der Waals surface area contributed by atoms with Crippen molar-refractivity contribution in [1.82, 2.24) is 12.3 Å². The number of aliphatic hydroxyl groups is 2. The first-order chi connectivity index (χ1) is 5.54. The van der Waals surface area contributed by atoms with Crippen molar-refractivity contribution in [2.45, 2.75) is 0 Å². The number of hydrogen-bond donors (Lipinski definition) is 6. The molecule has 0 aliphatic carbocycles. The first-order valence-electron chi connectivity index (χ1n) is 4.34. The minimum atomic E-state index is 0. The van der Waals surface area contributed by atoms with Crippen LogP contribution in [0.15, 0.2) is 0 Å². The van der Waals surface area contributed by atoms with E-state index in [9.17, 15) is 0 Å². The Morgan fingerprint density at radius 3 is 0.320 bits per heavy atom. The maximum Gasteiger partial charge on any atom is 0.100 e. The first-order valence-corrected chi connectivity index (χ1v) is 4.34. The molecule has 0 aliphatic rings. The van der Waals surface area contributed by atoms with Crippen molar-refractivity contribution in [3.05, 3.63) is 0 Å². The molecule has 0 aromatic rings. The van der Waals surface area contributed by atoms with E-state index >= 15 is 0 Å². The van der Waals surface area contributed by atoms with Gasteiger partial charge < -0.3 is 186 Å². The zero-order valence-electron chi connectivity index (χ0n) is 25.6. The van der Waals surface area contributed by atoms with E-state index in [2.05, 4.69) is 0 Å². The fourth-order valence-electron chi connectivity index (χ4n) is 0.447. The van der Waals surface area contributed by atoms with Crippen LogP contribution in [0.25, 0.3) is 0 Å². The van der Waals surface area contributed by atoms with Crippen molar-refractivity contribution in [3.8, 4) is 0 Å². The van der Waals surface area contributed by atoms with Gasteiger partial charge in [-0.2, -0.15) is 0 Å². The van der Waals surface area contributed by atoms with Gasteiger partial charge in [-0.15, -0.1) is 0 Å². The summed E-state index contributed by atoms with van der Waals surface area (Å²) in [5.74, 6) is 0. The second-order valence-electron chi connectivity index (χ2n) is 3.36. The third kappa shape index (κ3) is 1330. The summed E-state index contributed by atoms with van der Waals surface area (Å²) in [5.41, 5.74) is 0. The topological polar surface area (TPSA) is 926 Å². The minimum absolute atomic E-state index is 0. The van der Waals surface area contributed by atoms with Gasteiger partial charge in [-0.3, -0.25) is 0 Å². The van der Waals surface area contributed by atoms with Crippen LogP contribution >= 0.6 is 0 Å². The van der Waals surface area contributed by atoms with E-state index in [-0.39, 0.29) is 334 Å². The van der Waals surface area contributed by atoms with Crippen LogP contribution in [-0.2, 0) is 311 Å². The minimum Gasteiger partial charge on any atom is -2.00 e. The van der Waals surface area contributed by atoms with Gasteiger partial charge in [0.1, 0.15) is 13.1 Å². The fraction of sp³-hybridized carbons (Fsp3) is 1.00. The molecule has 0 atom stereocenters. The first kappa shape index (κ1) is 764. The summed E-state index contributed by atoms with van der Waals surface area (Å²) in [5, 5.41) is 16.4. The van der Waals surface area contributed by atoms with E-state index in [4.69, 9.17) is 10.2 Å². The summed E-state index contributed by atoms with van der Waals surface area (Å²) >= 11 is 0. The molecule has 0 amide bonds. The molecule has 0 rings (SSSR count). The Labute approximate surface area is 404 Å². The molecule has 364 valence electrons. The van der Waals surface area contributed by atoms with Crippen LogP contribution in [0.2, 0.25) is 0 Å². The maximum atomic E-state index is 8.22. The Morgan fingerprint density at radius 2 is 0.320 bits per heavy atom. The molecule has 0 saturated heterocycles. The maximum absolute atomic E-state index is 8.22. The Bertz CT molecular complexity index is 131. The molecule has 34 nitrogen and oxygen atoms in total. The Morgan fingerprint density at radius 1 is 0.260 bits per heavy atom. The number of hydrogen-bond acceptors (Lipinski definition) is 2. The average molecular weight is 1440 g/mol. The van der Waals surface area contributed by atoms with Gasteiger partial charge >= 0.3 is 0 Å². The third-order valence-corrected chi connectivity index (χ3v) is 1.22. The van der Waals surface area contributed by atoms with E-state index in [0.717, 1.165) is 13.1 Å². The van der Waals surface area contributed by atoms with Crippen LogP contribution < -0.4 is 22.1 Å². The largest absolute Gasteiger partial charge is 2.00 e. The molecule has 0 unspecified atom stereocenters. The van der Waals surface area contributed by atoms with Gasteiger partial charge in [0.2, 0.25) is 0 Å². The van der Waals surface area contributed by atoms with Gasteiger partial charge in [-0.25, -0.2) is 0 Å². The quantitative estimate of drug-likeness (QED) is 0.150. The monoisotopic (exact) mass is 1450 g/mol.